The molecule has 6 nitrogen and oxygen atoms in total. The summed E-state index contributed by atoms with van der Waals surface area (Å²) >= 11 is 1.53. The van der Waals surface area contributed by atoms with Crippen molar-refractivity contribution in [2.75, 3.05) is 11.9 Å². The summed E-state index contributed by atoms with van der Waals surface area (Å²) in [6.07, 6.45) is 0. The Labute approximate surface area is 201 Å². The third-order valence-corrected chi connectivity index (χ3v) is 6.71. The number of carbonyl (C=O) groups is 2. The lowest BCUT2D eigenvalue weighted by Gasteiger charge is -2.19. The van der Waals surface area contributed by atoms with E-state index in [2.05, 4.69) is 5.32 Å². The van der Waals surface area contributed by atoms with Gasteiger partial charge in [-0.05, 0) is 67.3 Å². The van der Waals surface area contributed by atoms with Gasteiger partial charge in [-0.3, -0.25) is 4.79 Å². The van der Waals surface area contributed by atoms with Crippen molar-refractivity contribution in [3.05, 3.63) is 87.9 Å². The van der Waals surface area contributed by atoms with Gasteiger partial charge in [-0.15, -0.1) is 11.3 Å². The summed E-state index contributed by atoms with van der Waals surface area (Å²) < 4.78 is 6.44. The minimum absolute atomic E-state index is 0.156. The second kappa shape index (κ2) is 9.89. The van der Waals surface area contributed by atoms with Crippen LogP contribution in [0.1, 0.15) is 45.9 Å². The van der Waals surface area contributed by atoms with E-state index in [-0.39, 0.29) is 5.56 Å². The highest BCUT2D eigenvalue weighted by Crippen LogP contribution is 2.42. The number of carbonyl (C=O) groups excluding carboxylic acids is 1. The van der Waals surface area contributed by atoms with Crippen LogP contribution in [0.5, 0.6) is 5.75 Å². The number of aromatic nitrogens is 1. The fourth-order valence-corrected chi connectivity index (χ4v) is 4.96. The van der Waals surface area contributed by atoms with Crippen molar-refractivity contribution in [2.45, 2.75) is 20.8 Å². The molecule has 0 amide bonds. The normalized spacial score (nSPS) is 11.7. The van der Waals surface area contributed by atoms with Crippen molar-refractivity contribution in [2.24, 2.45) is 0 Å². The van der Waals surface area contributed by atoms with Crippen LogP contribution < -0.4 is 10.1 Å². The van der Waals surface area contributed by atoms with E-state index in [1.807, 2.05) is 51.1 Å². The number of benzene rings is 3. The maximum atomic E-state index is 12.1. The number of carboxylic acids is 1. The molecule has 0 aliphatic carbocycles. The average Bonchev–Trinajstić information content (AvgIpc) is 3.27. The van der Waals surface area contributed by atoms with Gasteiger partial charge >= 0.3 is 5.97 Å². The summed E-state index contributed by atoms with van der Waals surface area (Å²) in [6, 6.07) is 18.4. The number of aromatic carboxylic acids is 1. The molecule has 0 aliphatic heterocycles. The molecule has 0 saturated carbocycles. The van der Waals surface area contributed by atoms with Crippen molar-refractivity contribution in [3.63, 3.8) is 0 Å². The van der Waals surface area contributed by atoms with E-state index < -0.39 is 5.97 Å². The van der Waals surface area contributed by atoms with E-state index >= 15 is 0 Å². The number of allylic oxidation sites excluding steroid dienone is 1. The van der Waals surface area contributed by atoms with E-state index in [1.165, 1.54) is 11.3 Å². The smallest absolute Gasteiger partial charge is 0.336 e. The monoisotopic (exact) mass is 472 g/mol. The minimum Gasteiger partial charge on any atom is -0.478 e. The fraction of sp³-hybridized carbons (Fsp3) is 0.148. The number of carboxylic acid groups (broad SMARTS) is 1. The number of ether oxygens (including phenoxy) is 1. The quantitative estimate of drug-likeness (QED) is 0.295. The van der Waals surface area contributed by atoms with Crippen LogP contribution in [0.25, 0.3) is 21.4 Å². The first kappa shape index (κ1) is 23.2. The lowest BCUT2D eigenvalue weighted by atomic mass is 9.88. The molecule has 0 aliphatic rings. The zero-order valence-electron chi connectivity index (χ0n) is 19.1. The second-order valence-corrected chi connectivity index (χ2v) is 8.78. The number of fused-ring (bicyclic) bond motifs is 1. The van der Waals surface area contributed by atoms with Gasteiger partial charge in [0.25, 0.3) is 6.47 Å². The number of hydrogen-bond acceptors (Lipinski definition) is 6. The Morgan fingerprint density at radius 2 is 1.79 bits per heavy atom. The van der Waals surface area contributed by atoms with Crippen LogP contribution in [0.3, 0.4) is 0 Å². The third kappa shape index (κ3) is 4.43. The molecule has 4 aromatic rings. The van der Waals surface area contributed by atoms with Crippen LogP contribution in [0.4, 0.5) is 5.69 Å². The molecule has 3 aromatic carbocycles. The molecule has 4 rings (SSSR count). The molecule has 0 spiro atoms. The van der Waals surface area contributed by atoms with Crippen LogP contribution in [0.15, 0.2) is 60.7 Å². The fourth-order valence-electron chi connectivity index (χ4n) is 3.99. The Kier molecular flexibility index (Phi) is 6.75. The van der Waals surface area contributed by atoms with Gasteiger partial charge < -0.3 is 15.2 Å². The molecule has 34 heavy (non-hydrogen) atoms. The van der Waals surface area contributed by atoms with Gasteiger partial charge in [0.15, 0.2) is 0 Å². The number of hydrogen-bond donors (Lipinski definition) is 2. The van der Waals surface area contributed by atoms with E-state index in [0.717, 1.165) is 32.0 Å². The van der Waals surface area contributed by atoms with Gasteiger partial charge in [-0.2, -0.15) is 0 Å². The first-order valence-corrected chi connectivity index (χ1v) is 11.6. The summed E-state index contributed by atoms with van der Waals surface area (Å²) in [5.74, 6) is -0.698. The lowest BCUT2D eigenvalue weighted by Crippen LogP contribution is -2.07. The largest absolute Gasteiger partial charge is 0.478 e. The molecular formula is C27H24N2O4S. The highest BCUT2D eigenvalue weighted by atomic mass is 32.1. The zero-order chi connectivity index (χ0) is 24.2. The predicted molar refractivity (Wildman–Crippen MR) is 137 cm³/mol. The lowest BCUT2D eigenvalue weighted by molar-refractivity contribution is -0.120. The molecule has 0 fully saturated rings. The molecule has 0 saturated heterocycles. The Morgan fingerprint density at radius 1 is 1.09 bits per heavy atom. The SMILES string of the molecule is CCNc1cc(OC=O)c(/C(=C(\C)c2nc3ccccc3s2)c2ccccc2C(=O)O)cc1C. The molecule has 0 atom stereocenters. The Hall–Kier alpha value is -3.97. The average molecular weight is 473 g/mol. The number of anilines is 1. The molecule has 172 valence electrons. The van der Waals surface area contributed by atoms with E-state index in [4.69, 9.17) is 9.72 Å². The molecule has 1 aromatic heterocycles. The zero-order valence-corrected chi connectivity index (χ0v) is 19.9. The Morgan fingerprint density at radius 3 is 2.47 bits per heavy atom. The van der Waals surface area contributed by atoms with Crippen LogP contribution in [0, 0.1) is 6.92 Å². The third-order valence-electron chi connectivity index (χ3n) is 5.55. The molecular weight excluding hydrogens is 448 g/mol. The van der Waals surface area contributed by atoms with Crippen LogP contribution in [-0.2, 0) is 4.79 Å². The summed E-state index contributed by atoms with van der Waals surface area (Å²) in [4.78, 5) is 28.3. The van der Waals surface area contributed by atoms with Crippen molar-refractivity contribution in [3.8, 4) is 5.75 Å². The van der Waals surface area contributed by atoms with Gasteiger partial charge in [0, 0.05) is 23.9 Å². The van der Waals surface area contributed by atoms with Gasteiger partial charge in [-0.25, -0.2) is 9.78 Å². The minimum atomic E-state index is -1.04. The van der Waals surface area contributed by atoms with Crippen LogP contribution in [0.2, 0.25) is 0 Å². The molecule has 0 bridgehead atoms. The van der Waals surface area contributed by atoms with E-state index in [1.54, 1.807) is 30.3 Å². The summed E-state index contributed by atoms with van der Waals surface area (Å²) in [6.45, 7) is 6.96. The van der Waals surface area contributed by atoms with Crippen LogP contribution >= 0.6 is 11.3 Å². The number of aryl methyl sites for hydroxylation is 1. The van der Waals surface area contributed by atoms with Gasteiger partial charge in [-0.1, -0.05) is 30.3 Å². The van der Waals surface area contributed by atoms with Crippen LogP contribution in [-0.4, -0.2) is 29.1 Å². The number of rotatable bonds is 8. The summed E-state index contributed by atoms with van der Waals surface area (Å²) in [5.41, 5.74) is 5.40. The van der Waals surface area contributed by atoms with Crippen molar-refractivity contribution in [1.82, 2.24) is 4.98 Å². The first-order valence-electron chi connectivity index (χ1n) is 10.8. The molecule has 0 unspecified atom stereocenters. The number of para-hydroxylation sites is 1. The Balaban J connectivity index is 2.07. The standard InChI is InChI=1S/C27H24N2O4S/c1-4-28-22-14-23(33-15-30)20(13-16(22)2)25(18-9-5-6-10-19(18)27(31)32)17(3)26-29-21-11-7-8-12-24(21)34-26/h5-15,28H,4H2,1-3H3,(H,31,32)/b25-17+. The highest BCUT2D eigenvalue weighted by Gasteiger charge is 2.23. The van der Waals surface area contributed by atoms with Crippen molar-refractivity contribution in [1.29, 1.82) is 0 Å². The first-order chi connectivity index (χ1) is 16.4. The predicted octanol–water partition coefficient (Wildman–Crippen LogP) is 6.25. The van der Waals surface area contributed by atoms with E-state index in [0.29, 0.717) is 35.5 Å². The highest BCUT2D eigenvalue weighted by molar-refractivity contribution is 7.19. The molecule has 2 N–H and O–H groups in total. The second-order valence-electron chi connectivity index (χ2n) is 7.75. The maximum Gasteiger partial charge on any atom is 0.336 e. The molecule has 1 heterocycles. The molecule has 7 heteroatoms. The van der Waals surface area contributed by atoms with Gasteiger partial charge in [0.2, 0.25) is 0 Å². The van der Waals surface area contributed by atoms with Gasteiger partial charge in [0.1, 0.15) is 10.8 Å². The summed E-state index contributed by atoms with van der Waals surface area (Å²) in [5, 5.41) is 14.0. The van der Waals surface area contributed by atoms with Crippen molar-refractivity contribution < 1.29 is 19.4 Å². The number of nitrogens with zero attached hydrogens (tertiary/aromatic N) is 1. The topological polar surface area (TPSA) is 88.5 Å². The summed E-state index contributed by atoms with van der Waals surface area (Å²) in [7, 11) is 0. The maximum absolute atomic E-state index is 12.1. The van der Waals surface area contributed by atoms with Crippen molar-refractivity contribution >= 4 is 50.8 Å². The van der Waals surface area contributed by atoms with E-state index in [9.17, 15) is 14.7 Å². The number of nitrogens with one attached hydrogen (secondary N) is 1. The molecule has 0 radical (unpaired) electrons. The Bertz CT molecular complexity index is 1390. The number of thiazole rings is 1. The van der Waals surface area contributed by atoms with Gasteiger partial charge in [0.05, 0.1) is 15.8 Å².